The van der Waals surface area contributed by atoms with Gasteiger partial charge in [0, 0.05) is 31.0 Å². The summed E-state index contributed by atoms with van der Waals surface area (Å²) in [6, 6.07) is 8.40. The third-order valence-corrected chi connectivity index (χ3v) is 3.85. The van der Waals surface area contributed by atoms with Crippen LogP contribution in [0.5, 0.6) is 5.75 Å². The molecule has 3 heteroatoms. The largest absolute Gasteiger partial charge is 0.489 e. The highest BCUT2D eigenvalue weighted by atomic mass is 32.2. The Labute approximate surface area is 108 Å². The first kappa shape index (κ1) is 12.8. The standard InChI is InChI=1S/C14H21NOS/c1-3-17-9-8-15-10-12(2)16-14-7-5-4-6-13(14)11-15/h4-7,12H,3,8-11H2,1-2H3. The Morgan fingerprint density at radius 2 is 2.24 bits per heavy atom. The molecule has 1 aromatic rings. The van der Waals surface area contributed by atoms with E-state index in [-0.39, 0.29) is 6.10 Å². The number of para-hydroxylation sites is 1. The van der Waals surface area contributed by atoms with Gasteiger partial charge in [0.1, 0.15) is 11.9 Å². The Hall–Kier alpha value is -0.670. The van der Waals surface area contributed by atoms with Crippen LogP contribution in [0.25, 0.3) is 0 Å². The molecule has 0 spiro atoms. The highest BCUT2D eigenvalue weighted by molar-refractivity contribution is 7.99. The van der Waals surface area contributed by atoms with E-state index in [1.165, 1.54) is 17.1 Å². The monoisotopic (exact) mass is 251 g/mol. The van der Waals surface area contributed by atoms with Crippen molar-refractivity contribution in [2.24, 2.45) is 0 Å². The topological polar surface area (TPSA) is 12.5 Å². The van der Waals surface area contributed by atoms with Crippen molar-refractivity contribution in [1.82, 2.24) is 4.90 Å². The summed E-state index contributed by atoms with van der Waals surface area (Å²) in [5.74, 6) is 3.48. The molecule has 0 saturated heterocycles. The number of hydrogen-bond donors (Lipinski definition) is 0. The molecule has 17 heavy (non-hydrogen) atoms. The van der Waals surface area contributed by atoms with E-state index in [2.05, 4.69) is 36.9 Å². The molecule has 0 N–H and O–H groups in total. The molecule has 1 heterocycles. The van der Waals surface area contributed by atoms with E-state index in [4.69, 9.17) is 4.74 Å². The van der Waals surface area contributed by atoms with Crippen molar-refractivity contribution in [3.8, 4) is 5.75 Å². The van der Waals surface area contributed by atoms with Gasteiger partial charge in [-0.3, -0.25) is 4.90 Å². The lowest BCUT2D eigenvalue weighted by Gasteiger charge is -2.21. The minimum Gasteiger partial charge on any atom is -0.489 e. The molecule has 0 aromatic heterocycles. The number of hydrogen-bond acceptors (Lipinski definition) is 3. The minimum absolute atomic E-state index is 0.283. The highest BCUT2D eigenvalue weighted by Gasteiger charge is 2.18. The summed E-state index contributed by atoms with van der Waals surface area (Å²) >= 11 is 2.01. The van der Waals surface area contributed by atoms with E-state index in [0.717, 1.165) is 25.4 Å². The molecule has 0 radical (unpaired) electrons. The zero-order valence-corrected chi connectivity index (χ0v) is 11.5. The van der Waals surface area contributed by atoms with E-state index in [1.807, 2.05) is 17.8 Å². The summed E-state index contributed by atoms with van der Waals surface area (Å²) in [6.45, 7) is 7.57. The first-order chi connectivity index (χ1) is 8.29. The molecule has 2 rings (SSSR count). The van der Waals surface area contributed by atoms with Gasteiger partial charge in [-0.1, -0.05) is 25.1 Å². The second-order valence-electron chi connectivity index (χ2n) is 4.47. The number of fused-ring (bicyclic) bond motifs is 1. The van der Waals surface area contributed by atoms with Gasteiger partial charge in [-0.2, -0.15) is 11.8 Å². The summed E-state index contributed by atoms with van der Waals surface area (Å²) in [5, 5.41) is 0. The van der Waals surface area contributed by atoms with Crippen LogP contribution in [-0.2, 0) is 6.54 Å². The van der Waals surface area contributed by atoms with E-state index in [0.29, 0.717) is 0 Å². The number of rotatable bonds is 4. The van der Waals surface area contributed by atoms with E-state index >= 15 is 0 Å². The smallest absolute Gasteiger partial charge is 0.124 e. The van der Waals surface area contributed by atoms with E-state index < -0.39 is 0 Å². The lowest BCUT2D eigenvalue weighted by Crippen LogP contribution is -2.32. The number of benzene rings is 1. The van der Waals surface area contributed by atoms with Crippen LogP contribution in [0.1, 0.15) is 19.4 Å². The average molecular weight is 251 g/mol. The third kappa shape index (κ3) is 3.65. The van der Waals surface area contributed by atoms with Crippen molar-refractivity contribution >= 4 is 11.8 Å². The van der Waals surface area contributed by atoms with Crippen LogP contribution < -0.4 is 4.74 Å². The van der Waals surface area contributed by atoms with E-state index in [9.17, 15) is 0 Å². The molecule has 1 atom stereocenters. The van der Waals surface area contributed by atoms with Crippen molar-refractivity contribution in [2.45, 2.75) is 26.5 Å². The van der Waals surface area contributed by atoms with Gasteiger partial charge in [0.15, 0.2) is 0 Å². The summed E-state index contributed by atoms with van der Waals surface area (Å²) in [5.41, 5.74) is 1.32. The predicted molar refractivity (Wildman–Crippen MR) is 74.8 cm³/mol. The molecule has 1 aliphatic heterocycles. The molecular formula is C14H21NOS. The lowest BCUT2D eigenvalue weighted by molar-refractivity contribution is 0.166. The molecule has 0 bridgehead atoms. The predicted octanol–water partition coefficient (Wildman–Crippen LogP) is 3.02. The quantitative estimate of drug-likeness (QED) is 0.763. The molecule has 1 aliphatic rings. The van der Waals surface area contributed by atoms with Crippen LogP contribution in [-0.4, -0.2) is 35.6 Å². The lowest BCUT2D eigenvalue weighted by atomic mass is 10.2. The van der Waals surface area contributed by atoms with Gasteiger partial charge in [0.25, 0.3) is 0 Å². The van der Waals surface area contributed by atoms with Gasteiger partial charge in [-0.25, -0.2) is 0 Å². The summed E-state index contributed by atoms with van der Waals surface area (Å²) < 4.78 is 5.94. The van der Waals surface area contributed by atoms with Crippen LogP contribution in [0.2, 0.25) is 0 Å². The molecular weight excluding hydrogens is 230 g/mol. The Morgan fingerprint density at radius 1 is 1.41 bits per heavy atom. The van der Waals surface area contributed by atoms with Crippen molar-refractivity contribution in [2.75, 3.05) is 24.6 Å². The van der Waals surface area contributed by atoms with Crippen LogP contribution in [0, 0.1) is 0 Å². The van der Waals surface area contributed by atoms with Gasteiger partial charge in [-0.05, 0) is 18.7 Å². The van der Waals surface area contributed by atoms with Crippen LogP contribution in [0.4, 0.5) is 0 Å². The van der Waals surface area contributed by atoms with Gasteiger partial charge in [0.05, 0.1) is 0 Å². The van der Waals surface area contributed by atoms with Gasteiger partial charge < -0.3 is 4.74 Å². The Kier molecular flexibility index (Phi) is 4.75. The number of nitrogens with zero attached hydrogens (tertiary/aromatic N) is 1. The second-order valence-corrected chi connectivity index (χ2v) is 5.86. The maximum atomic E-state index is 5.94. The molecule has 0 amide bonds. The second kappa shape index (κ2) is 6.31. The Bertz CT molecular complexity index is 356. The SMILES string of the molecule is CCSCCN1Cc2ccccc2OC(C)C1. The Morgan fingerprint density at radius 3 is 3.06 bits per heavy atom. The zero-order valence-electron chi connectivity index (χ0n) is 10.7. The van der Waals surface area contributed by atoms with Gasteiger partial charge in [-0.15, -0.1) is 0 Å². The van der Waals surface area contributed by atoms with Crippen molar-refractivity contribution in [3.05, 3.63) is 29.8 Å². The number of ether oxygens (including phenoxy) is 1. The first-order valence-electron chi connectivity index (χ1n) is 6.34. The minimum atomic E-state index is 0.283. The van der Waals surface area contributed by atoms with Crippen molar-refractivity contribution in [3.63, 3.8) is 0 Å². The van der Waals surface area contributed by atoms with Crippen molar-refractivity contribution < 1.29 is 4.74 Å². The first-order valence-corrected chi connectivity index (χ1v) is 7.49. The zero-order chi connectivity index (χ0) is 12.1. The molecule has 0 fully saturated rings. The van der Waals surface area contributed by atoms with Gasteiger partial charge in [0.2, 0.25) is 0 Å². The average Bonchev–Trinajstić information content (AvgIpc) is 2.47. The molecule has 1 unspecified atom stereocenters. The molecule has 2 nitrogen and oxygen atoms in total. The summed E-state index contributed by atoms with van der Waals surface area (Å²) in [6.07, 6.45) is 0.283. The fourth-order valence-electron chi connectivity index (χ4n) is 2.18. The van der Waals surface area contributed by atoms with Crippen LogP contribution in [0.15, 0.2) is 24.3 Å². The van der Waals surface area contributed by atoms with E-state index in [1.54, 1.807) is 0 Å². The number of thioether (sulfide) groups is 1. The maximum absolute atomic E-state index is 5.94. The molecule has 0 saturated carbocycles. The Balaban J connectivity index is 2.01. The van der Waals surface area contributed by atoms with Crippen LogP contribution >= 0.6 is 11.8 Å². The molecule has 1 aromatic carbocycles. The molecule has 0 aliphatic carbocycles. The van der Waals surface area contributed by atoms with Gasteiger partial charge >= 0.3 is 0 Å². The van der Waals surface area contributed by atoms with Crippen molar-refractivity contribution in [1.29, 1.82) is 0 Å². The fraction of sp³-hybridized carbons (Fsp3) is 0.571. The molecule has 94 valence electrons. The third-order valence-electron chi connectivity index (χ3n) is 2.97. The maximum Gasteiger partial charge on any atom is 0.124 e. The highest BCUT2D eigenvalue weighted by Crippen LogP contribution is 2.24. The van der Waals surface area contributed by atoms with Crippen LogP contribution in [0.3, 0.4) is 0 Å². The fourth-order valence-corrected chi connectivity index (χ4v) is 2.86. The normalized spacial score (nSPS) is 20.5. The summed E-state index contributed by atoms with van der Waals surface area (Å²) in [4.78, 5) is 2.50. The summed E-state index contributed by atoms with van der Waals surface area (Å²) in [7, 11) is 0.